The van der Waals surface area contributed by atoms with Crippen molar-refractivity contribution in [2.75, 3.05) is 0 Å². The van der Waals surface area contributed by atoms with Crippen molar-refractivity contribution < 1.29 is 14.8 Å². The molecule has 0 aliphatic heterocycles. The van der Waals surface area contributed by atoms with Crippen molar-refractivity contribution in [3.8, 4) is 0 Å². The van der Waals surface area contributed by atoms with E-state index in [1.165, 1.54) is 18.2 Å². The minimum atomic E-state index is -0.555. The average molecular weight is 331 g/mol. The van der Waals surface area contributed by atoms with Crippen molar-refractivity contribution >= 4 is 27.5 Å². The fraction of sp³-hybridized carbons (Fsp3) is 0.417. The van der Waals surface area contributed by atoms with Gasteiger partial charge in [-0.3, -0.25) is 14.9 Å². The van der Waals surface area contributed by atoms with Crippen molar-refractivity contribution in [3.05, 3.63) is 38.3 Å². The van der Waals surface area contributed by atoms with E-state index < -0.39 is 16.9 Å². The zero-order valence-electron chi connectivity index (χ0n) is 10.6. The Morgan fingerprint density at radius 1 is 1.53 bits per heavy atom. The lowest BCUT2D eigenvalue weighted by Crippen LogP contribution is -2.34. The van der Waals surface area contributed by atoms with Gasteiger partial charge in [-0.25, -0.2) is 0 Å². The zero-order valence-corrected chi connectivity index (χ0v) is 12.2. The van der Waals surface area contributed by atoms with E-state index in [1.807, 2.05) is 0 Å². The first kappa shape index (κ1) is 15.6. The van der Waals surface area contributed by atoms with Gasteiger partial charge in [-0.15, -0.1) is 0 Å². The normalized spacial score (nSPS) is 13.7. The van der Waals surface area contributed by atoms with Crippen LogP contribution in [-0.4, -0.2) is 28.1 Å². The predicted molar refractivity (Wildman–Crippen MR) is 74.0 cm³/mol. The number of nitrogens with zero attached hydrogens (tertiary/aromatic N) is 1. The van der Waals surface area contributed by atoms with Crippen LogP contribution < -0.4 is 5.32 Å². The highest BCUT2D eigenvalue weighted by molar-refractivity contribution is 9.10. The molecule has 2 unspecified atom stereocenters. The Balaban J connectivity index is 2.89. The molecule has 2 atom stereocenters. The van der Waals surface area contributed by atoms with Crippen LogP contribution >= 0.6 is 15.9 Å². The van der Waals surface area contributed by atoms with Crippen molar-refractivity contribution in [2.45, 2.75) is 32.4 Å². The molecule has 0 saturated heterocycles. The van der Waals surface area contributed by atoms with Gasteiger partial charge >= 0.3 is 0 Å². The van der Waals surface area contributed by atoms with Crippen LogP contribution in [0.3, 0.4) is 0 Å². The number of nitro benzene ring substituents is 1. The molecule has 0 heterocycles. The van der Waals surface area contributed by atoms with Gasteiger partial charge < -0.3 is 10.4 Å². The topological polar surface area (TPSA) is 92.5 Å². The molecule has 1 aromatic rings. The molecule has 1 rings (SSSR count). The standard InChI is InChI=1S/C12H15BrN2O4/c1-7(6-8(2)16)14-12(17)9-4-3-5-10(11(9)13)15(18)19/h3-5,7-8,16H,6H2,1-2H3,(H,14,17). The summed E-state index contributed by atoms with van der Waals surface area (Å²) in [6.07, 6.45) is -0.109. The minimum absolute atomic E-state index is 0.154. The van der Waals surface area contributed by atoms with Crippen LogP contribution in [0.5, 0.6) is 0 Å². The molecule has 0 aromatic heterocycles. The Labute approximate surface area is 119 Å². The van der Waals surface area contributed by atoms with Gasteiger partial charge in [-0.05, 0) is 42.3 Å². The fourth-order valence-electron chi connectivity index (χ4n) is 1.71. The highest BCUT2D eigenvalue weighted by atomic mass is 79.9. The number of aliphatic hydroxyl groups excluding tert-OH is 1. The third-order valence-corrected chi connectivity index (χ3v) is 3.33. The molecule has 0 bridgehead atoms. The van der Waals surface area contributed by atoms with Crippen LogP contribution in [0, 0.1) is 10.1 Å². The molecule has 0 radical (unpaired) electrons. The molecule has 0 fully saturated rings. The maximum absolute atomic E-state index is 12.0. The van der Waals surface area contributed by atoms with Crippen LogP contribution in [0.2, 0.25) is 0 Å². The van der Waals surface area contributed by atoms with Gasteiger partial charge in [0.2, 0.25) is 0 Å². The van der Waals surface area contributed by atoms with Gasteiger partial charge in [0.25, 0.3) is 11.6 Å². The predicted octanol–water partition coefficient (Wildman–Crippen LogP) is 2.25. The fourth-order valence-corrected chi connectivity index (χ4v) is 2.30. The maximum Gasteiger partial charge on any atom is 0.284 e. The van der Waals surface area contributed by atoms with E-state index in [1.54, 1.807) is 13.8 Å². The second-order valence-electron chi connectivity index (χ2n) is 4.36. The number of hydrogen-bond acceptors (Lipinski definition) is 4. The van der Waals surface area contributed by atoms with Gasteiger partial charge in [0.1, 0.15) is 4.47 Å². The largest absolute Gasteiger partial charge is 0.393 e. The van der Waals surface area contributed by atoms with E-state index in [4.69, 9.17) is 0 Å². The van der Waals surface area contributed by atoms with E-state index >= 15 is 0 Å². The Bertz CT molecular complexity index is 491. The summed E-state index contributed by atoms with van der Waals surface area (Å²) in [7, 11) is 0. The van der Waals surface area contributed by atoms with Crippen LogP contribution in [0.15, 0.2) is 22.7 Å². The molecule has 0 spiro atoms. The first-order valence-corrected chi connectivity index (χ1v) is 6.54. The summed E-state index contributed by atoms with van der Waals surface area (Å²) in [5.41, 5.74) is 0.0440. The molecule has 104 valence electrons. The number of halogens is 1. The summed E-state index contributed by atoms with van der Waals surface area (Å²) in [5.74, 6) is -0.413. The summed E-state index contributed by atoms with van der Waals surface area (Å²) in [6, 6.07) is 4.05. The van der Waals surface area contributed by atoms with Crippen LogP contribution in [0.25, 0.3) is 0 Å². The summed E-state index contributed by atoms with van der Waals surface area (Å²) in [4.78, 5) is 22.2. The van der Waals surface area contributed by atoms with Crippen LogP contribution in [0.4, 0.5) is 5.69 Å². The summed E-state index contributed by atoms with van der Waals surface area (Å²) in [6.45, 7) is 3.39. The van der Waals surface area contributed by atoms with E-state index in [2.05, 4.69) is 21.2 Å². The second kappa shape index (κ2) is 6.63. The van der Waals surface area contributed by atoms with Gasteiger partial charge in [-0.1, -0.05) is 6.07 Å². The number of aliphatic hydroxyl groups is 1. The number of hydrogen-bond donors (Lipinski definition) is 2. The molecule has 7 heteroatoms. The molecule has 6 nitrogen and oxygen atoms in total. The Morgan fingerprint density at radius 3 is 2.68 bits per heavy atom. The van der Waals surface area contributed by atoms with Crippen molar-refractivity contribution in [3.63, 3.8) is 0 Å². The lowest BCUT2D eigenvalue weighted by molar-refractivity contribution is -0.385. The first-order valence-electron chi connectivity index (χ1n) is 5.74. The molecule has 0 saturated carbocycles. The number of nitrogens with one attached hydrogen (secondary N) is 1. The summed E-state index contributed by atoms with van der Waals surface area (Å²) >= 11 is 3.07. The molecule has 0 aliphatic carbocycles. The lowest BCUT2D eigenvalue weighted by Gasteiger charge is -2.15. The quantitative estimate of drug-likeness (QED) is 0.639. The SMILES string of the molecule is CC(O)CC(C)NC(=O)c1cccc([N+](=O)[O-])c1Br. The number of benzene rings is 1. The zero-order chi connectivity index (χ0) is 14.6. The number of rotatable bonds is 5. The second-order valence-corrected chi connectivity index (χ2v) is 5.15. The summed E-state index contributed by atoms with van der Waals surface area (Å²) < 4.78 is 0.154. The maximum atomic E-state index is 12.0. The molecule has 1 aromatic carbocycles. The molecule has 19 heavy (non-hydrogen) atoms. The number of carbonyl (C=O) groups excluding carboxylic acids is 1. The van der Waals surface area contributed by atoms with Crippen molar-refractivity contribution in [1.82, 2.24) is 5.32 Å². The molecule has 1 amide bonds. The van der Waals surface area contributed by atoms with E-state index in [9.17, 15) is 20.0 Å². The van der Waals surface area contributed by atoms with E-state index in [0.717, 1.165) is 0 Å². The average Bonchev–Trinajstić information content (AvgIpc) is 2.27. The van der Waals surface area contributed by atoms with Gasteiger partial charge in [0, 0.05) is 12.1 Å². The van der Waals surface area contributed by atoms with Crippen molar-refractivity contribution in [2.24, 2.45) is 0 Å². The molecular formula is C12H15BrN2O4. The molecule has 0 aliphatic rings. The monoisotopic (exact) mass is 330 g/mol. The minimum Gasteiger partial charge on any atom is -0.393 e. The first-order chi connectivity index (χ1) is 8.82. The third-order valence-electron chi connectivity index (χ3n) is 2.49. The molecule has 2 N–H and O–H groups in total. The van der Waals surface area contributed by atoms with Crippen LogP contribution in [-0.2, 0) is 0 Å². The molecular weight excluding hydrogens is 316 g/mol. The smallest absolute Gasteiger partial charge is 0.284 e. The third kappa shape index (κ3) is 4.29. The van der Waals surface area contributed by atoms with Gasteiger partial charge in [0.15, 0.2) is 0 Å². The Hall–Kier alpha value is -1.47. The summed E-state index contributed by atoms with van der Waals surface area (Å²) in [5, 5.41) is 22.7. The highest BCUT2D eigenvalue weighted by Crippen LogP contribution is 2.28. The number of nitro groups is 1. The van der Waals surface area contributed by atoms with E-state index in [-0.39, 0.29) is 21.8 Å². The van der Waals surface area contributed by atoms with Gasteiger partial charge in [-0.2, -0.15) is 0 Å². The van der Waals surface area contributed by atoms with Gasteiger partial charge in [0.05, 0.1) is 16.6 Å². The van der Waals surface area contributed by atoms with E-state index in [0.29, 0.717) is 6.42 Å². The van der Waals surface area contributed by atoms with Crippen LogP contribution in [0.1, 0.15) is 30.6 Å². The lowest BCUT2D eigenvalue weighted by atomic mass is 10.1. The number of carbonyl (C=O) groups is 1. The Kier molecular flexibility index (Phi) is 5.44. The number of amides is 1. The highest BCUT2D eigenvalue weighted by Gasteiger charge is 2.20. The Morgan fingerprint density at radius 2 is 2.16 bits per heavy atom. The van der Waals surface area contributed by atoms with Crippen molar-refractivity contribution in [1.29, 1.82) is 0 Å².